The van der Waals surface area contributed by atoms with Crippen molar-refractivity contribution in [1.29, 1.82) is 0 Å². The van der Waals surface area contributed by atoms with Crippen LogP contribution >= 0.6 is 0 Å². The Morgan fingerprint density at radius 1 is 1.44 bits per heavy atom. The molecule has 0 aromatic heterocycles. The molecule has 6 heteroatoms. The van der Waals surface area contributed by atoms with Crippen molar-refractivity contribution in [1.82, 2.24) is 0 Å². The molecule has 0 unspecified atom stereocenters. The largest absolute Gasteiger partial charge is 0.490 e. The van der Waals surface area contributed by atoms with Crippen LogP contribution in [-0.4, -0.2) is 29.9 Å². The molecule has 0 saturated heterocycles. The third-order valence-electron chi connectivity index (χ3n) is 2.92. The summed E-state index contributed by atoms with van der Waals surface area (Å²) >= 11 is 0. The first-order valence-corrected chi connectivity index (χ1v) is 5.55. The van der Waals surface area contributed by atoms with Crippen molar-refractivity contribution < 1.29 is 14.4 Å². The molecule has 0 saturated carbocycles. The quantitative estimate of drug-likeness (QED) is 0.467. The molecule has 94 valence electrons. The summed E-state index contributed by atoms with van der Waals surface area (Å²) in [6.45, 7) is 0.805. The van der Waals surface area contributed by atoms with Gasteiger partial charge in [-0.1, -0.05) is 0 Å². The Kier molecular flexibility index (Phi) is 3.36. The monoisotopic (exact) mass is 249 g/mol. The van der Waals surface area contributed by atoms with Crippen LogP contribution in [0.15, 0.2) is 24.3 Å². The van der Waals surface area contributed by atoms with Crippen LogP contribution in [0.4, 0.5) is 5.69 Å². The molecule has 1 aromatic carbocycles. The number of hydrogen-bond donors (Lipinski definition) is 0. The topological polar surface area (TPSA) is 72.5 Å². The Morgan fingerprint density at radius 2 is 2.22 bits per heavy atom. The highest BCUT2D eigenvalue weighted by Gasteiger charge is 2.20. The van der Waals surface area contributed by atoms with Gasteiger partial charge < -0.3 is 4.74 Å². The molecule has 18 heavy (non-hydrogen) atoms. The average molecular weight is 249 g/mol. The van der Waals surface area contributed by atoms with Crippen LogP contribution in [0.3, 0.4) is 0 Å². The molecule has 2 rings (SSSR count). The van der Waals surface area contributed by atoms with Crippen molar-refractivity contribution in [2.45, 2.75) is 6.42 Å². The van der Waals surface area contributed by atoms with Crippen molar-refractivity contribution in [2.24, 2.45) is 0 Å². The normalized spacial score (nSPS) is 15.2. The van der Waals surface area contributed by atoms with Crippen LogP contribution in [0.1, 0.15) is 12.0 Å². The van der Waals surface area contributed by atoms with Gasteiger partial charge in [-0.05, 0) is 29.3 Å². The third-order valence-corrected chi connectivity index (χ3v) is 2.92. The Morgan fingerprint density at radius 3 is 2.78 bits per heavy atom. The zero-order valence-corrected chi connectivity index (χ0v) is 9.96. The molecular formula is C12H13N2O4+. The number of rotatable bonds is 3. The molecule has 1 aliphatic heterocycles. The molecule has 0 N–H and O–H groups in total. The van der Waals surface area contributed by atoms with E-state index in [2.05, 4.69) is 0 Å². The lowest BCUT2D eigenvalue weighted by atomic mass is 9.99. The Balaban J connectivity index is 2.36. The van der Waals surface area contributed by atoms with Crippen molar-refractivity contribution in [3.8, 4) is 5.75 Å². The molecule has 1 heterocycles. The van der Waals surface area contributed by atoms with E-state index in [9.17, 15) is 15.0 Å². The van der Waals surface area contributed by atoms with E-state index in [0.717, 1.165) is 15.9 Å². The highest BCUT2D eigenvalue weighted by atomic mass is 16.6. The molecule has 0 aliphatic carbocycles. The molecule has 0 bridgehead atoms. The smallest absolute Gasteiger partial charge is 0.310 e. The van der Waals surface area contributed by atoms with Crippen LogP contribution in [0.25, 0.3) is 5.57 Å². The summed E-state index contributed by atoms with van der Waals surface area (Å²) in [6.07, 6.45) is 2.49. The van der Waals surface area contributed by atoms with E-state index in [1.807, 2.05) is 6.08 Å². The minimum absolute atomic E-state index is 0.0527. The van der Waals surface area contributed by atoms with Gasteiger partial charge >= 0.3 is 5.69 Å². The first-order valence-electron chi connectivity index (χ1n) is 5.55. The van der Waals surface area contributed by atoms with E-state index < -0.39 is 4.92 Å². The van der Waals surface area contributed by atoms with Gasteiger partial charge in [0.1, 0.15) is 0 Å². The van der Waals surface area contributed by atoms with Crippen molar-refractivity contribution in [3.63, 3.8) is 0 Å². The molecule has 0 fully saturated rings. The molecule has 1 aliphatic rings. The van der Waals surface area contributed by atoms with Gasteiger partial charge in [0.15, 0.2) is 12.3 Å². The molecule has 1 aromatic rings. The number of benzene rings is 1. The molecule has 6 nitrogen and oxygen atoms in total. The summed E-state index contributed by atoms with van der Waals surface area (Å²) in [5, 5.41) is 10.8. The van der Waals surface area contributed by atoms with Crippen LogP contribution in [0.2, 0.25) is 0 Å². The van der Waals surface area contributed by atoms with E-state index >= 15 is 0 Å². The first-order chi connectivity index (χ1) is 8.61. The molecular weight excluding hydrogens is 236 g/mol. The third kappa shape index (κ3) is 2.37. The summed E-state index contributed by atoms with van der Waals surface area (Å²) in [5.74, 6) is 0.239. The molecule has 0 atom stereocenters. The minimum Gasteiger partial charge on any atom is -0.490 e. The van der Waals surface area contributed by atoms with E-state index in [0.29, 0.717) is 19.5 Å². The zero-order valence-electron chi connectivity index (χ0n) is 9.96. The predicted octanol–water partition coefficient (Wildman–Crippen LogP) is 2.17. The van der Waals surface area contributed by atoms with Crippen molar-refractivity contribution in [2.75, 3.05) is 20.2 Å². The number of nitro groups is 1. The fourth-order valence-corrected chi connectivity index (χ4v) is 1.94. The number of methoxy groups -OCH3 is 1. The van der Waals surface area contributed by atoms with Gasteiger partial charge in [0, 0.05) is 22.2 Å². The minimum atomic E-state index is -0.475. The number of hydrogen-bond acceptors (Lipinski definition) is 4. The molecule has 0 amide bonds. The lowest BCUT2D eigenvalue weighted by Crippen LogP contribution is -2.15. The fraction of sp³-hybridized carbons (Fsp3) is 0.333. The van der Waals surface area contributed by atoms with Crippen LogP contribution in [-0.2, 0) is 0 Å². The van der Waals surface area contributed by atoms with E-state index in [4.69, 9.17) is 4.74 Å². The van der Waals surface area contributed by atoms with E-state index in [-0.39, 0.29) is 11.4 Å². The number of ether oxygens (including phenoxy) is 1. The fourth-order valence-electron chi connectivity index (χ4n) is 1.94. The van der Waals surface area contributed by atoms with Gasteiger partial charge in [-0.15, -0.1) is 0 Å². The predicted molar refractivity (Wildman–Crippen MR) is 65.6 cm³/mol. The number of nitrogens with zero attached hydrogens (tertiary/aromatic N) is 2. The standard InChI is InChI=1S/C12H13N2O4/c1-18-12-8-10(2-3-11(12)14(16)17)9-4-6-13(15)7-5-9/h2-4,8H,5-7H2,1H3/q+1. The SMILES string of the molecule is COc1cc(C2=CC[N+](=O)CC2)ccc1[N+](=O)[O-]. The first kappa shape index (κ1) is 12.2. The lowest BCUT2D eigenvalue weighted by molar-refractivity contribution is -0.540. The summed E-state index contributed by atoms with van der Waals surface area (Å²) in [6, 6.07) is 4.76. The van der Waals surface area contributed by atoms with Gasteiger partial charge in [-0.2, -0.15) is 0 Å². The maximum atomic E-state index is 11.1. The van der Waals surface area contributed by atoms with Gasteiger partial charge in [0.2, 0.25) is 6.54 Å². The van der Waals surface area contributed by atoms with Gasteiger partial charge in [-0.25, -0.2) is 0 Å². The Bertz CT molecular complexity index is 537. The average Bonchev–Trinajstić information content (AvgIpc) is 2.38. The van der Waals surface area contributed by atoms with Crippen LogP contribution in [0, 0.1) is 15.0 Å². The van der Waals surface area contributed by atoms with E-state index in [1.165, 1.54) is 13.2 Å². The molecule has 0 radical (unpaired) electrons. The summed E-state index contributed by atoms with van der Waals surface area (Å²) in [7, 11) is 1.40. The zero-order chi connectivity index (χ0) is 13.1. The van der Waals surface area contributed by atoms with Gasteiger partial charge in [-0.3, -0.25) is 10.1 Å². The Hall–Kier alpha value is -2.24. The second-order valence-corrected chi connectivity index (χ2v) is 4.01. The highest BCUT2D eigenvalue weighted by molar-refractivity contribution is 5.69. The maximum Gasteiger partial charge on any atom is 0.310 e. The second-order valence-electron chi connectivity index (χ2n) is 4.01. The van der Waals surface area contributed by atoms with Crippen molar-refractivity contribution >= 4 is 11.3 Å². The van der Waals surface area contributed by atoms with E-state index in [1.54, 1.807) is 12.1 Å². The summed E-state index contributed by atoms with van der Waals surface area (Å²) < 4.78 is 6.00. The van der Waals surface area contributed by atoms with Crippen LogP contribution in [0.5, 0.6) is 5.75 Å². The number of nitroso groups, excluding NO2 is 1. The second kappa shape index (κ2) is 4.95. The van der Waals surface area contributed by atoms with Gasteiger partial charge in [0.05, 0.1) is 12.0 Å². The number of nitro benzene ring substituents is 1. The maximum absolute atomic E-state index is 11.1. The Labute approximate surface area is 104 Å². The summed E-state index contributed by atoms with van der Waals surface area (Å²) in [5.41, 5.74) is 1.84. The lowest BCUT2D eigenvalue weighted by Gasteiger charge is -2.10. The van der Waals surface area contributed by atoms with Gasteiger partial charge in [0.25, 0.3) is 0 Å². The summed E-state index contributed by atoms with van der Waals surface area (Å²) in [4.78, 5) is 21.4. The van der Waals surface area contributed by atoms with Crippen molar-refractivity contribution in [3.05, 3.63) is 44.9 Å². The highest BCUT2D eigenvalue weighted by Crippen LogP contribution is 2.31. The van der Waals surface area contributed by atoms with Crippen LogP contribution < -0.4 is 4.74 Å². The molecule has 0 spiro atoms.